The van der Waals surface area contributed by atoms with Crippen molar-refractivity contribution < 1.29 is 9.59 Å². The molecule has 0 aliphatic carbocycles. The van der Waals surface area contributed by atoms with Gasteiger partial charge in [-0.15, -0.1) is 0 Å². The Bertz CT molecular complexity index is 877. The predicted octanol–water partition coefficient (Wildman–Crippen LogP) is 2.59. The van der Waals surface area contributed by atoms with Crippen LogP contribution in [0.1, 0.15) is 55.2 Å². The van der Waals surface area contributed by atoms with Gasteiger partial charge in [-0.3, -0.25) is 14.5 Å². The van der Waals surface area contributed by atoms with E-state index in [0.29, 0.717) is 38.3 Å². The van der Waals surface area contributed by atoms with Crippen LogP contribution in [0.25, 0.3) is 5.69 Å². The molecule has 0 saturated carbocycles. The highest BCUT2D eigenvalue weighted by atomic mass is 16.2. The first-order chi connectivity index (χ1) is 14.3. The van der Waals surface area contributed by atoms with Crippen molar-refractivity contribution in [3.05, 3.63) is 47.3 Å². The molecular formula is C23H33N5O2. The zero-order valence-electron chi connectivity index (χ0n) is 18.7. The van der Waals surface area contributed by atoms with Crippen molar-refractivity contribution in [1.29, 1.82) is 0 Å². The number of amides is 2. The minimum atomic E-state index is 0.0170. The molecule has 1 aromatic carbocycles. The number of nitrogens with one attached hydrogen (secondary N) is 1. The number of carbonyl (C=O) groups excluding carboxylic acids is 2. The molecule has 7 heteroatoms. The molecule has 162 valence electrons. The Morgan fingerprint density at radius 2 is 1.67 bits per heavy atom. The van der Waals surface area contributed by atoms with E-state index in [-0.39, 0.29) is 23.8 Å². The lowest BCUT2D eigenvalue weighted by atomic mass is 10.0. The number of aromatic nitrogens is 2. The number of hydrogen-bond acceptors (Lipinski definition) is 4. The molecule has 1 aliphatic rings. The van der Waals surface area contributed by atoms with E-state index >= 15 is 0 Å². The first-order valence-corrected chi connectivity index (χ1v) is 10.7. The van der Waals surface area contributed by atoms with Crippen molar-refractivity contribution in [2.45, 2.75) is 46.6 Å². The van der Waals surface area contributed by atoms with E-state index in [2.05, 4.69) is 48.2 Å². The number of aryl methyl sites for hydroxylation is 1. The van der Waals surface area contributed by atoms with Gasteiger partial charge in [0, 0.05) is 32.2 Å². The Balaban J connectivity index is 1.70. The molecule has 7 nitrogen and oxygen atoms in total. The van der Waals surface area contributed by atoms with Gasteiger partial charge in [-0.2, -0.15) is 5.10 Å². The SMILES string of the molecule is Cc1ccc(-n2ncc(C(=O)N3CCN(CC(=O)NC(C)C)CC3)c2C(C)C)cc1. The van der Waals surface area contributed by atoms with E-state index in [1.54, 1.807) is 6.20 Å². The molecule has 30 heavy (non-hydrogen) atoms. The van der Waals surface area contributed by atoms with E-state index in [0.717, 1.165) is 11.4 Å². The second-order valence-corrected chi connectivity index (χ2v) is 8.64. The molecule has 0 atom stereocenters. The fourth-order valence-corrected chi connectivity index (χ4v) is 3.82. The van der Waals surface area contributed by atoms with Crippen molar-refractivity contribution in [3.8, 4) is 5.69 Å². The minimum absolute atomic E-state index is 0.0170. The summed E-state index contributed by atoms with van der Waals surface area (Å²) in [5, 5.41) is 7.46. The van der Waals surface area contributed by atoms with E-state index in [1.165, 1.54) is 5.56 Å². The summed E-state index contributed by atoms with van der Waals surface area (Å²) < 4.78 is 1.88. The summed E-state index contributed by atoms with van der Waals surface area (Å²) in [6.07, 6.45) is 1.69. The van der Waals surface area contributed by atoms with E-state index in [9.17, 15) is 9.59 Å². The van der Waals surface area contributed by atoms with Gasteiger partial charge in [-0.25, -0.2) is 4.68 Å². The Morgan fingerprint density at radius 3 is 2.23 bits per heavy atom. The molecule has 3 rings (SSSR count). The lowest BCUT2D eigenvalue weighted by Gasteiger charge is -2.34. The summed E-state index contributed by atoms with van der Waals surface area (Å²) in [5.41, 5.74) is 3.75. The first kappa shape index (κ1) is 22.0. The molecule has 0 unspecified atom stereocenters. The molecule has 1 aromatic heterocycles. The maximum absolute atomic E-state index is 13.3. The summed E-state index contributed by atoms with van der Waals surface area (Å²) in [5.74, 6) is 0.211. The number of piperazine rings is 1. The number of carbonyl (C=O) groups is 2. The average Bonchev–Trinajstić information content (AvgIpc) is 3.13. The van der Waals surface area contributed by atoms with Gasteiger partial charge in [0.15, 0.2) is 0 Å². The molecule has 1 fully saturated rings. The van der Waals surface area contributed by atoms with Gasteiger partial charge in [-0.05, 0) is 38.8 Å². The zero-order chi connectivity index (χ0) is 21.8. The Hall–Kier alpha value is -2.67. The molecule has 0 bridgehead atoms. The molecular weight excluding hydrogens is 378 g/mol. The summed E-state index contributed by atoms with van der Waals surface area (Å²) in [6.45, 7) is 13.1. The van der Waals surface area contributed by atoms with Crippen LogP contribution < -0.4 is 5.32 Å². The first-order valence-electron chi connectivity index (χ1n) is 10.7. The largest absolute Gasteiger partial charge is 0.353 e. The number of nitrogens with zero attached hydrogens (tertiary/aromatic N) is 4. The third kappa shape index (κ3) is 5.08. The highest BCUT2D eigenvalue weighted by Crippen LogP contribution is 2.25. The monoisotopic (exact) mass is 411 g/mol. The maximum atomic E-state index is 13.3. The fourth-order valence-electron chi connectivity index (χ4n) is 3.82. The minimum Gasteiger partial charge on any atom is -0.353 e. The fraction of sp³-hybridized carbons (Fsp3) is 0.522. The number of benzene rings is 1. The quantitative estimate of drug-likeness (QED) is 0.793. The van der Waals surface area contributed by atoms with Crippen LogP contribution in [0.15, 0.2) is 30.5 Å². The highest BCUT2D eigenvalue weighted by molar-refractivity contribution is 5.95. The number of rotatable bonds is 6. The summed E-state index contributed by atoms with van der Waals surface area (Å²) >= 11 is 0. The third-order valence-corrected chi connectivity index (χ3v) is 5.34. The van der Waals surface area contributed by atoms with Gasteiger partial charge < -0.3 is 10.2 Å². The highest BCUT2D eigenvalue weighted by Gasteiger charge is 2.28. The Labute approximate surface area is 179 Å². The van der Waals surface area contributed by atoms with Crippen molar-refractivity contribution in [2.24, 2.45) is 0 Å². The van der Waals surface area contributed by atoms with Crippen LogP contribution in [-0.2, 0) is 4.79 Å². The van der Waals surface area contributed by atoms with Gasteiger partial charge in [0.25, 0.3) is 5.91 Å². The molecule has 2 heterocycles. The van der Waals surface area contributed by atoms with Crippen LogP contribution in [0.3, 0.4) is 0 Å². The lowest BCUT2D eigenvalue weighted by molar-refractivity contribution is -0.123. The summed E-state index contributed by atoms with van der Waals surface area (Å²) in [4.78, 5) is 29.2. The van der Waals surface area contributed by atoms with E-state index < -0.39 is 0 Å². The summed E-state index contributed by atoms with van der Waals surface area (Å²) in [6, 6.07) is 8.31. The Kier molecular flexibility index (Phi) is 6.92. The second-order valence-electron chi connectivity index (χ2n) is 8.64. The van der Waals surface area contributed by atoms with Crippen LogP contribution in [0, 0.1) is 6.92 Å². The van der Waals surface area contributed by atoms with Gasteiger partial charge >= 0.3 is 0 Å². The predicted molar refractivity (Wildman–Crippen MR) is 118 cm³/mol. The van der Waals surface area contributed by atoms with Gasteiger partial charge in [0.2, 0.25) is 5.91 Å². The van der Waals surface area contributed by atoms with Crippen molar-refractivity contribution in [3.63, 3.8) is 0 Å². The maximum Gasteiger partial charge on any atom is 0.257 e. The smallest absolute Gasteiger partial charge is 0.257 e. The van der Waals surface area contributed by atoms with Crippen molar-refractivity contribution in [1.82, 2.24) is 24.9 Å². The van der Waals surface area contributed by atoms with Crippen LogP contribution in [0.5, 0.6) is 0 Å². The zero-order valence-corrected chi connectivity index (χ0v) is 18.7. The molecule has 2 amide bonds. The van der Waals surface area contributed by atoms with Crippen molar-refractivity contribution >= 4 is 11.8 Å². The van der Waals surface area contributed by atoms with Crippen LogP contribution in [0.4, 0.5) is 0 Å². The standard InChI is InChI=1S/C23H33N5O2/c1-16(2)22-20(14-24-28(22)19-8-6-18(5)7-9-19)23(30)27-12-10-26(11-13-27)15-21(29)25-17(3)4/h6-9,14,16-17H,10-13,15H2,1-5H3,(H,25,29). The van der Waals surface area contributed by atoms with Crippen LogP contribution in [-0.4, -0.2) is 70.2 Å². The third-order valence-electron chi connectivity index (χ3n) is 5.34. The van der Waals surface area contributed by atoms with Gasteiger partial charge in [0.05, 0.1) is 29.7 Å². The van der Waals surface area contributed by atoms with Gasteiger partial charge in [0.1, 0.15) is 0 Å². The normalized spacial score (nSPS) is 15.1. The summed E-state index contributed by atoms with van der Waals surface area (Å²) in [7, 11) is 0. The lowest BCUT2D eigenvalue weighted by Crippen LogP contribution is -2.51. The molecule has 1 aliphatic heterocycles. The van der Waals surface area contributed by atoms with Gasteiger partial charge in [-0.1, -0.05) is 31.5 Å². The van der Waals surface area contributed by atoms with Crippen molar-refractivity contribution in [2.75, 3.05) is 32.7 Å². The average molecular weight is 412 g/mol. The molecule has 1 saturated heterocycles. The topological polar surface area (TPSA) is 70.5 Å². The van der Waals surface area contributed by atoms with Crippen LogP contribution >= 0.6 is 0 Å². The second kappa shape index (κ2) is 9.43. The molecule has 1 N–H and O–H groups in total. The molecule has 0 radical (unpaired) electrons. The number of hydrogen-bond donors (Lipinski definition) is 1. The molecule has 0 spiro atoms. The molecule has 2 aromatic rings. The van der Waals surface area contributed by atoms with E-state index in [4.69, 9.17) is 0 Å². The van der Waals surface area contributed by atoms with Crippen LogP contribution in [0.2, 0.25) is 0 Å². The van der Waals surface area contributed by atoms with E-state index in [1.807, 2.05) is 35.6 Å². The Morgan fingerprint density at radius 1 is 1.03 bits per heavy atom.